The van der Waals surface area contributed by atoms with Gasteiger partial charge in [0.1, 0.15) is 0 Å². The second kappa shape index (κ2) is 7.00. The number of benzene rings is 1. The van der Waals surface area contributed by atoms with E-state index < -0.39 is 17.8 Å². The number of anilines is 1. The van der Waals surface area contributed by atoms with Gasteiger partial charge in [-0.05, 0) is 43.9 Å². The third-order valence-electron chi connectivity index (χ3n) is 3.79. The number of piperidine rings is 1. The van der Waals surface area contributed by atoms with Crippen LogP contribution in [-0.2, 0) is 6.18 Å². The van der Waals surface area contributed by atoms with E-state index in [2.05, 4.69) is 5.32 Å². The number of hydrogen-bond donors (Lipinski definition) is 2. The molecule has 2 amide bonds. The number of alkyl halides is 3. The van der Waals surface area contributed by atoms with Crippen molar-refractivity contribution in [1.82, 2.24) is 4.90 Å². The van der Waals surface area contributed by atoms with Gasteiger partial charge < -0.3 is 15.3 Å². The molecule has 122 valence electrons. The van der Waals surface area contributed by atoms with Crippen molar-refractivity contribution in [1.29, 1.82) is 0 Å². The molecule has 0 spiro atoms. The third kappa shape index (κ3) is 4.13. The molecule has 7 heteroatoms. The van der Waals surface area contributed by atoms with Crippen molar-refractivity contribution in [3.05, 3.63) is 29.8 Å². The zero-order valence-electron chi connectivity index (χ0n) is 12.1. The first kappa shape index (κ1) is 16.6. The number of urea groups is 1. The molecular formula is C15H19F3N2O2. The minimum Gasteiger partial charge on any atom is -0.396 e. The molecule has 1 saturated heterocycles. The van der Waals surface area contributed by atoms with E-state index in [9.17, 15) is 18.0 Å². The normalized spacial score (nSPS) is 19.1. The topological polar surface area (TPSA) is 52.6 Å². The Morgan fingerprint density at radius 3 is 2.82 bits per heavy atom. The first-order valence-electron chi connectivity index (χ1n) is 7.27. The van der Waals surface area contributed by atoms with E-state index in [-0.39, 0.29) is 18.3 Å². The van der Waals surface area contributed by atoms with Crippen LogP contribution in [0.3, 0.4) is 0 Å². The Hall–Kier alpha value is -1.76. The molecule has 4 nitrogen and oxygen atoms in total. The lowest BCUT2D eigenvalue weighted by atomic mass is 10.0. The summed E-state index contributed by atoms with van der Waals surface area (Å²) in [6.45, 7) is 0.535. The Labute approximate surface area is 126 Å². The number of rotatable bonds is 3. The Kier molecular flexibility index (Phi) is 5.28. The van der Waals surface area contributed by atoms with Crippen LogP contribution < -0.4 is 5.32 Å². The maximum atomic E-state index is 12.7. The maximum absolute atomic E-state index is 12.7. The Bertz CT molecular complexity index is 518. The van der Waals surface area contributed by atoms with Gasteiger partial charge in [-0.2, -0.15) is 13.2 Å². The zero-order chi connectivity index (χ0) is 16.2. The van der Waals surface area contributed by atoms with Crippen molar-refractivity contribution < 1.29 is 23.1 Å². The van der Waals surface area contributed by atoms with E-state index in [1.807, 2.05) is 0 Å². The number of likely N-dealkylation sites (tertiary alicyclic amines) is 1. The summed E-state index contributed by atoms with van der Waals surface area (Å²) >= 11 is 0. The molecule has 1 aromatic rings. The Morgan fingerprint density at radius 1 is 1.36 bits per heavy atom. The predicted molar refractivity (Wildman–Crippen MR) is 76.5 cm³/mol. The fourth-order valence-corrected chi connectivity index (χ4v) is 2.69. The van der Waals surface area contributed by atoms with Crippen molar-refractivity contribution >= 4 is 11.7 Å². The predicted octanol–water partition coefficient (Wildman–Crippen LogP) is 3.47. The van der Waals surface area contributed by atoms with Gasteiger partial charge in [0.15, 0.2) is 0 Å². The second-order valence-electron chi connectivity index (χ2n) is 5.36. The maximum Gasteiger partial charge on any atom is 0.416 e. The second-order valence-corrected chi connectivity index (χ2v) is 5.36. The number of halogens is 3. The van der Waals surface area contributed by atoms with Gasteiger partial charge >= 0.3 is 12.2 Å². The van der Waals surface area contributed by atoms with E-state index in [1.54, 1.807) is 4.90 Å². The van der Waals surface area contributed by atoms with Crippen LogP contribution >= 0.6 is 0 Å². The molecule has 1 fully saturated rings. The summed E-state index contributed by atoms with van der Waals surface area (Å²) in [5.41, 5.74) is -0.677. The van der Waals surface area contributed by atoms with Crippen molar-refractivity contribution in [2.75, 3.05) is 18.5 Å². The zero-order valence-corrected chi connectivity index (χ0v) is 12.1. The summed E-state index contributed by atoms with van der Waals surface area (Å²) in [4.78, 5) is 13.9. The smallest absolute Gasteiger partial charge is 0.396 e. The molecule has 0 radical (unpaired) electrons. The summed E-state index contributed by atoms with van der Waals surface area (Å²) in [6, 6.07) is 4.09. The highest BCUT2D eigenvalue weighted by atomic mass is 19.4. The molecule has 1 atom stereocenters. The van der Waals surface area contributed by atoms with Gasteiger partial charge in [0.05, 0.1) is 5.56 Å². The number of aliphatic hydroxyl groups excluding tert-OH is 1. The standard InChI is InChI=1S/C15H19F3N2O2/c16-15(17,18)11-4-3-5-12(10-11)19-14(22)20-8-2-1-6-13(20)7-9-21/h3-5,10,13,21H,1-2,6-9H2,(H,19,22). The van der Waals surface area contributed by atoms with E-state index in [1.165, 1.54) is 12.1 Å². The molecule has 1 heterocycles. The molecule has 1 unspecified atom stereocenters. The number of carbonyl (C=O) groups excluding carboxylic acids is 1. The summed E-state index contributed by atoms with van der Waals surface area (Å²) < 4.78 is 38.0. The van der Waals surface area contributed by atoms with E-state index in [0.717, 1.165) is 31.4 Å². The van der Waals surface area contributed by atoms with Crippen LogP contribution in [0.25, 0.3) is 0 Å². The lowest BCUT2D eigenvalue weighted by Gasteiger charge is -2.35. The van der Waals surface area contributed by atoms with Crippen LogP contribution in [0.2, 0.25) is 0 Å². The molecule has 0 saturated carbocycles. The fourth-order valence-electron chi connectivity index (χ4n) is 2.69. The van der Waals surface area contributed by atoms with Gasteiger partial charge in [0.25, 0.3) is 0 Å². The lowest BCUT2D eigenvalue weighted by molar-refractivity contribution is -0.137. The molecule has 2 rings (SSSR count). The molecule has 0 bridgehead atoms. The quantitative estimate of drug-likeness (QED) is 0.897. The van der Waals surface area contributed by atoms with Crippen LogP contribution in [0.4, 0.5) is 23.7 Å². The largest absolute Gasteiger partial charge is 0.416 e. The monoisotopic (exact) mass is 316 g/mol. The van der Waals surface area contributed by atoms with Gasteiger partial charge in [-0.3, -0.25) is 0 Å². The lowest BCUT2D eigenvalue weighted by Crippen LogP contribution is -2.46. The van der Waals surface area contributed by atoms with Crippen molar-refractivity contribution in [2.24, 2.45) is 0 Å². The average molecular weight is 316 g/mol. The van der Waals surface area contributed by atoms with Crippen molar-refractivity contribution in [3.8, 4) is 0 Å². The van der Waals surface area contributed by atoms with E-state index in [0.29, 0.717) is 13.0 Å². The van der Waals surface area contributed by atoms with Crippen LogP contribution in [0.1, 0.15) is 31.2 Å². The number of hydrogen-bond acceptors (Lipinski definition) is 2. The van der Waals surface area contributed by atoms with Gasteiger partial charge in [0, 0.05) is 24.9 Å². The highest BCUT2D eigenvalue weighted by Gasteiger charge is 2.31. The number of amides is 2. The number of carbonyl (C=O) groups is 1. The van der Waals surface area contributed by atoms with Crippen molar-refractivity contribution in [2.45, 2.75) is 37.9 Å². The molecule has 1 aliphatic rings. The number of aliphatic hydroxyl groups is 1. The Balaban J connectivity index is 2.07. The van der Waals surface area contributed by atoms with Crippen LogP contribution in [0, 0.1) is 0 Å². The third-order valence-corrected chi connectivity index (χ3v) is 3.79. The molecule has 0 aliphatic carbocycles. The minimum absolute atomic E-state index is 0.0159. The first-order valence-corrected chi connectivity index (χ1v) is 7.27. The Morgan fingerprint density at radius 2 is 2.14 bits per heavy atom. The minimum atomic E-state index is -4.44. The van der Waals surface area contributed by atoms with Gasteiger partial charge in [-0.1, -0.05) is 6.07 Å². The molecule has 22 heavy (non-hydrogen) atoms. The van der Waals surface area contributed by atoms with E-state index >= 15 is 0 Å². The number of nitrogens with zero attached hydrogens (tertiary/aromatic N) is 1. The highest BCUT2D eigenvalue weighted by molar-refractivity contribution is 5.89. The summed E-state index contributed by atoms with van der Waals surface area (Å²) in [7, 11) is 0. The van der Waals surface area contributed by atoms with Gasteiger partial charge in [0.2, 0.25) is 0 Å². The van der Waals surface area contributed by atoms with Crippen molar-refractivity contribution in [3.63, 3.8) is 0 Å². The molecular weight excluding hydrogens is 297 g/mol. The summed E-state index contributed by atoms with van der Waals surface area (Å²) in [5.74, 6) is 0. The number of nitrogens with one attached hydrogen (secondary N) is 1. The van der Waals surface area contributed by atoms with Gasteiger partial charge in [-0.25, -0.2) is 4.79 Å². The first-order chi connectivity index (χ1) is 10.4. The van der Waals surface area contributed by atoms with Gasteiger partial charge in [-0.15, -0.1) is 0 Å². The fraction of sp³-hybridized carbons (Fsp3) is 0.533. The summed E-state index contributed by atoms with van der Waals surface area (Å²) in [6.07, 6.45) is -1.31. The van der Waals surface area contributed by atoms with E-state index in [4.69, 9.17) is 5.11 Å². The highest BCUT2D eigenvalue weighted by Crippen LogP contribution is 2.31. The molecule has 2 N–H and O–H groups in total. The van der Waals surface area contributed by atoms with Crippen LogP contribution in [-0.4, -0.2) is 35.2 Å². The summed E-state index contributed by atoms with van der Waals surface area (Å²) in [5, 5.41) is 11.6. The molecule has 1 aromatic carbocycles. The molecule has 0 aromatic heterocycles. The van der Waals surface area contributed by atoms with Crippen LogP contribution in [0.15, 0.2) is 24.3 Å². The average Bonchev–Trinajstić information content (AvgIpc) is 2.47. The molecule has 1 aliphatic heterocycles. The van der Waals surface area contributed by atoms with Crippen LogP contribution in [0.5, 0.6) is 0 Å². The SMILES string of the molecule is O=C(Nc1cccc(C(F)(F)F)c1)N1CCCCC1CCO.